The maximum absolute atomic E-state index is 12.1. The van der Waals surface area contributed by atoms with Crippen molar-refractivity contribution in [3.8, 4) is 0 Å². The Labute approximate surface area is 123 Å². The van der Waals surface area contributed by atoms with Gasteiger partial charge in [-0.2, -0.15) is 0 Å². The Morgan fingerprint density at radius 2 is 1.76 bits per heavy atom. The third kappa shape index (κ3) is 6.07. The molecule has 0 heterocycles. The molecule has 0 aliphatic rings. The summed E-state index contributed by atoms with van der Waals surface area (Å²) in [5.74, 6) is -1.79. The van der Waals surface area contributed by atoms with Crippen molar-refractivity contribution in [2.24, 2.45) is 5.92 Å². The average molecular weight is 292 g/mol. The minimum Gasteiger partial charge on any atom is -0.480 e. The summed E-state index contributed by atoms with van der Waals surface area (Å²) in [7, 11) is 0. The molecule has 0 spiro atoms. The summed E-state index contributed by atoms with van der Waals surface area (Å²) >= 11 is 0. The number of carbonyl (C=O) groups excluding carboxylic acids is 2. The Balaban J connectivity index is 2.71. The van der Waals surface area contributed by atoms with Crippen molar-refractivity contribution in [2.45, 2.75) is 26.3 Å². The first kappa shape index (κ1) is 16.7. The lowest BCUT2D eigenvalue weighted by Gasteiger charge is -2.19. The lowest BCUT2D eigenvalue weighted by Crippen LogP contribution is -2.48. The van der Waals surface area contributed by atoms with Gasteiger partial charge in [0.15, 0.2) is 0 Å². The highest BCUT2D eigenvalue weighted by Crippen LogP contribution is 2.07. The zero-order valence-corrected chi connectivity index (χ0v) is 12.1. The zero-order chi connectivity index (χ0) is 15.8. The van der Waals surface area contributed by atoms with E-state index < -0.39 is 24.5 Å². The van der Waals surface area contributed by atoms with E-state index in [9.17, 15) is 14.4 Å². The third-order valence-corrected chi connectivity index (χ3v) is 2.78. The maximum atomic E-state index is 12.1. The van der Waals surface area contributed by atoms with Gasteiger partial charge < -0.3 is 15.7 Å². The predicted molar refractivity (Wildman–Crippen MR) is 77.8 cm³/mol. The Hall–Kier alpha value is -2.37. The van der Waals surface area contributed by atoms with Crippen LogP contribution < -0.4 is 10.6 Å². The van der Waals surface area contributed by atoms with Crippen LogP contribution in [0.3, 0.4) is 0 Å². The van der Waals surface area contributed by atoms with Gasteiger partial charge in [0.25, 0.3) is 5.91 Å². The smallest absolute Gasteiger partial charge is 0.322 e. The number of benzene rings is 1. The summed E-state index contributed by atoms with van der Waals surface area (Å²) in [6.45, 7) is 3.38. The number of carboxylic acid groups (broad SMARTS) is 1. The zero-order valence-electron chi connectivity index (χ0n) is 12.1. The van der Waals surface area contributed by atoms with Crippen molar-refractivity contribution in [1.29, 1.82) is 0 Å². The molecule has 21 heavy (non-hydrogen) atoms. The molecule has 0 fully saturated rings. The number of carboxylic acids is 1. The molecule has 1 aromatic carbocycles. The van der Waals surface area contributed by atoms with E-state index in [1.165, 1.54) is 0 Å². The largest absolute Gasteiger partial charge is 0.480 e. The maximum Gasteiger partial charge on any atom is 0.322 e. The van der Waals surface area contributed by atoms with Gasteiger partial charge in [-0.3, -0.25) is 14.4 Å². The first-order valence-electron chi connectivity index (χ1n) is 6.75. The lowest BCUT2D eigenvalue weighted by atomic mass is 10.0. The first-order valence-corrected chi connectivity index (χ1v) is 6.75. The molecule has 3 N–H and O–H groups in total. The van der Waals surface area contributed by atoms with E-state index in [1.807, 2.05) is 13.8 Å². The van der Waals surface area contributed by atoms with Crippen LogP contribution in [-0.2, 0) is 9.59 Å². The molecular formula is C15H20N2O4. The number of hydrogen-bond donors (Lipinski definition) is 3. The molecule has 0 radical (unpaired) electrons. The highest BCUT2D eigenvalue weighted by atomic mass is 16.4. The molecule has 0 saturated carbocycles. The van der Waals surface area contributed by atoms with Gasteiger partial charge in [-0.05, 0) is 24.5 Å². The van der Waals surface area contributed by atoms with E-state index >= 15 is 0 Å². The minimum absolute atomic E-state index is 0.182. The lowest BCUT2D eigenvalue weighted by molar-refractivity contribution is -0.138. The van der Waals surface area contributed by atoms with Gasteiger partial charge in [0.2, 0.25) is 5.91 Å². The van der Waals surface area contributed by atoms with Crippen LogP contribution in [0.1, 0.15) is 30.6 Å². The van der Waals surface area contributed by atoms with Gasteiger partial charge in [-0.25, -0.2) is 0 Å². The summed E-state index contributed by atoms with van der Waals surface area (Å²) in [4.78, 5) is 34.5. The molecule has 1 aromatic rings. The van der Waals surface area contributed by atoms with Gasteiger partial charge in [0.05, 0.1) is 0 Å². The summed E-state index contributed by atoms with van der Waals surface area (Å²) in [5.41, 5.74) is 0.456. The first-order chi connectivity index (χ1) is 9.90. The topological polar surface area (TPSA) is 95.5 Å². The van der Waals surface area contributed by atoms with Crippen LogP contribution in [0.15, 0.2) is 30.3 Å². The van der Waals surface area contributed by atoms with Gasteiger partial charge in [-0.15, -0.1) is 0 Å². The number of carbonyl (C=O) groups is 3. The quantitative estimate of drug-likeness (QED) is 0.699. The molecule has 2 amide bonds. The van der Waals surface area contributed by atoms with E-state index in [0.29, 0.717) is 12.0 Å². The second-order valence-corrected chi connectivity index (χ2v) is 5.13. The fourth-order valence-electron chi connectivity index (χ4n) is 1.82. The van der Waals surface area contributed by atoms with Crippen LogP contribution >= 0.6 is 0 Å². The molecule has 6 heteroatoms. The van der Waals surface area contributed by atoms with Crippen molar-refractivity contribution < 1.29 is 19.5 Å². The monoisotopic (exact) mass is 292 g/mol. The molecule has 114 valence electrons. The Bertz CT molecular complexity index is 500. The molecule has 0 bridgehead atoms. The molecular weight excluding hydrogens is 272 g/mol. The summed E-state index contributed by atoms with van der Waals surface area (Å²) in [6, 6.07) is 7.81. The minimum atomic E-state index is -1.12. The van der Waals surface area contributed by atoms with E-state index in [4.69, 9.17) is 5.11 Å². The van der Waals surface area contributed by atoms with Crippen molar-refractivity contribution >= 4 is 17.8 Å². The van der Waals surface area contributed by atoms with Crippen molar-refractivity contribution in [2.75, 3.05) is 6.54 Å². The highest BCUT2D eigenvalue weighted by Gasteiger charge is 2.22. The number of aliphatic carboxylic acids is 1. The standard InChI is InChI=1S/C15H20N2O4/c1-10(2)8-12(15(21)16-9-13(18)19)17-14(20)11-6-4-3-5-7-11/h3-7,10,12H,8-9H2,1-2H3,(H,16,21)(H,17,20)(H,18,19). The third-order valence-electron chi connectivity index (χ3n) is 2.78. The van der Waals surface area contributed by atoms with Gasteiger partial charge in [0.1, 0.15) is 12.6 Å². The van der Waals surface area contributed by atoms with Crippen LogP contribution in [0.4, 0.5) is 0 Å². The Morgan fingerprint density at radius 3 is 2.29 bits per heavy atom. The molecule has 1 rings (SSSR count). The summed E-state index contributed by atoms with van der Waals surface area (Å²) < 4.78 is 0. The fraction of sp³-hybridized carbons (Fsp3) is 0.400. The normalized spacial score (nSPS) is 11.8. The molecule has 6 nitrogen and oxygen atoms in total. The fourth-order valence-corrected chi connectivity index (χ4v) is 1.82. The predicted octanol–water partition coefficient (Wildman–Crippen LogP) is 1.03. The van der Waals surface area contributed by atoms with Crippen molar-refractivity contribution in [3.63, 3.8) is 0 Å². The van der Waals surface area contributed by atoms with Gasteiger partial charge >= 0.3 is 5.97 Å². The van der Waals surface area contributed by atoms with Gasteiger partial charge in [0, 0.05) is 5.56 Å². The van der Waals surface area contributed by atoms with E-state index in [2.05, 4.69) is 10.6 Å². The Kier molecular flexibility index (Phi) is 6.39. The highest BCUT2D eigenvalue weighted by molar-refractivity contribution is 5.97. The molecule has 0 aromatic heterocycles. The average Bonchev–Trinajstić information content (AvgIpc) is 2.44. The number of hydrogen-bond acceptors (Lipinski definition) is 3. The van der Waals surface area contributed by atoms with Crippen LogP contribution in [0.5, 0.6) is 0 Å². The van der Waals surface area contributed by atoms with Crippen LogP contribution in [0.2, 0.25) is 0 Å². The SMILES string of the molecule is CC(C)CC(NC(=O)c1ccccc1)C(=O)NCC(=O)O. The van der Waals surface area contributed by atoms with Crippen LogP contribution in [0, 0.1) is 5.92 Å². The molecule has 0 aliphatic heterocycles. The van der Waals surface area contributed by atoms with E-state index in [1.54, 1.807) is 30.3 Å². The second-order valence-electron chi connectivity index (χ2n) is 5.13. The van der Waals surface area contributed by atoms with Crippen LogP contribution in [0.25, 0.3) is 0 Å². The summed E-state index contributed by atoms with van der Waals surface area (Å²) in [6.07, 6.45) is 0.435. The number of nitrogens with one attached hydrogen (secondary N) is 2. The van der Waals surface area contributed by atoms with Crippen molar-refractivity contribution in [3.05, 3.63) is 35.9 Å². The number of rotatable bonds is 7. The second kappa shape index (κ2) is 8.04. The number of amides is 2. The summed E-state index contributed by atoms with van der Waals surface area (Å²) in [5, 5.41) is 13.5. The van der Waals surface area contributed by atoms with Gasteiger partial charge in [-0.1, -0.05) is 32.0 Å². The molecule has 1 atom stereocenters. The molecule has 0 saturated heterocycles. The van der Waals surface area contributed by atoms with Crippen LogP contribution in [-0.4, -0.2) is 35.5 Å². The van der Waals surface area contributed by atoms with Crippen molar-refractivity contribution in [1.82, 2.24) is 10.6 Å². The Morgan fingerprint density at radius 1 is 1.14 bits per heavy atom. The molecule has 1 unspecified atom stereocenters. The van der Waals surface area contributed by atoms with E-state index in [0.717, 1.165) is 0 Å². The molecule has 0 aliphatic carbocycles. The van der Waals surface area contributed by atoms with E-state index in [-0.39, 0.29) is 11.8 Å².